The molecule has 0 N–H and O–H groups in total. The van der Waals surface area contributed by atoms with Crippen LogP contribution in [0.25, 0.3) is 0 Å². The summed E-state index contributed by atoms with van der Waals surface area (Å²) in [5.74, 6) is -0.0898. The van der Waals surface area contributed by atoms with E-state index in [0.29, 0.717) is 10.6 Å². The Kier molecular flexibility index (Phi) is 4.98. The van der Waals surface area contributed by atoms with Crippen LogP contribution in [0, 0.1) is 11.6 Å². The van der Waals surface area contributed by atoms with E-state index in [9.17, 15) is 18.0 Å². The van der Waals surface area contributed by atoms with Gasteiger partial charge in [0.2, 0.25) is 6.10 Å². The van der Waals surface area contributed by atoms with Gasteiger partial charge >= 0.3 is 11.4 Å². The number of hydrogen-bond acceptors (Lipinski definition) is 2. The molecule has 0 saturated heterocycles. The Morgan fingerprint density at radius 3 is 2.32 bits per heavy atom. The third kappa shape index (κ3) is 4.15. The lowest BCUT2D eigenvalue weighted by Crippen LogP contribution is -2.17. The first-order valence-electron chi connectivity index (χ1n) is 6.07. The molecule has 116 valence electrons. The normalized spacial score (nSPS) is 12.8. The molecule has 0 aliphatic rings. The summed E-state index contributed by atoms with van der Waals surface area (Å²) in [7, 11) is 0. The zero-order valence-electron chi connectivity index (χ0n) is 10.9. The van der Waals surface area contributed by atoms with E-state index in [1.54, 1.807) is 0 Å². The minimum atomic E-state index is -4.49. The molecule has 2 aromatic carbocycles. The molecule has 0 aliphatic carbocycles. The third-order valence-corrected chi connectivity index (χ3v) is 3.27. The molecule has 2 aromatic rings. The van der Waals surface area contributed by atoms with E-state index in [0.717, 1.165) is 12.1 Å². The second kappa shape index (κ2) is 6.58. The van der Waals surface area contributed by atoms with E-state index in [2.05, 4.69) is 11.6 Å². The van der Waals surface area contributed by atoms with Gasteiger partial charge in [-0.15, -0.1) is 0 Å². The highest BCUT2D eigenvalue weighted by molar-refractivity contribution is 6.30. The smallest absolute Gasteiger partial charge is 0.444 e. The molecule has 0 bridgehead atoms. The summed E-state index contributed by atoms with van der Waals surface area (Å²) >= 11 is 10.4. The predicted octanol–water partition coefficient (Wildman–Crippen LogP) is 4.29. The Morgan fingerprint density at radius 2 is 1.77 bits per heavy atom. The fourth-order valence-corrected chi connectivity index (χ4v) is 2.08. The molecule has 0 aromatic heterocycles. The minimum absolute atomic E-state index is 0.0898. The van der Waals surface area contributed by atoms with Crippen LogP contribution in [0.4, 0.5) is 13.2 Å². The summed E-state index contributed by atoms with van der Waals surface area (Å²) in [6, 6.07) is 10.4. The highest BCUT2D eigenvalue weighted by Crippen LogP contribution is 2.32. The van der Waals surface area contributed by atoms with Crippen molar-refractivity contribution in [1.29, 1.82) is 0 Å². The standard InChI is InChI=1S/C15H10Cl2F3O2/c16-11-6-4-9(5-7-11)13(14(17)21)22-12-3-1-2-10(8-12)15(18,19)20/h1-8,13,17H/q+1/t13-/m1/s1. The van der Waals surface area contributed by atoms with Gasteiger partial charge in [0.1, 0.15) is 5.75 Å². The fraction of sp³-hybridized carbons (Fsp3) is 0.133. The molecule has 0 aliphatic heterocycles. The van der Waals surface area contributed by atoms with Crippen LogP contribution in [0.5, 0.6) is 5.75 Å². The van der Waals surface area contributed by atoms with Crippen LogP contribution < -0.4 is 4.74 Å². The summed E-state index contributed by atoms with van der Waals surface area (Å²) < 4.78 is 43.4. The summed E-state index contributed by atoms with van der Waals surface area (Å²) in [5.41, 5.74) is -0.446. The van der Waals surface area contributed by atoms with Crippen LogP contribution in [0.3, 0.4) is 0 Å². The topological polar surface area (TPSA) is 26.3 Å². The van der Waals surface area contributed by atoms with Gasteiger partial charge in [-0.25, -0.2) is 4.79 Å². The van der Waals surface area contributed by atoms with Gasteiger partial charge in [-0.2, -0.15) is 13.2 Å². The third-order valence-electron chi connectivity index (χ3n) is 2.80. The number of rotatable bonds is 4. The van der Waals surface area contributed by atoms with E-state index in [-0.39, 0.29) is 5.75 Å². The van der Waals surface area contributed by atoms with Crippen LogP contribution in [0.1, 0.15) is 17.2 Å². The van der Waals surface area contributed by atoms with Gasteiger partial charge in [-0.05, 0) is 30.3 Å². The second-order valence-corrected chi connectivity index (χ2v) is 5.23. The average Bonchev–Trinajstić information content (AvgIpc) is 2.45. The van der Waals surface area contributed by atoms with Crippen LogP contribution >= 0.6 is 11.6 Å². The highest BCUT2D eigenvalue weighted by atomic mass is 35.5. The summed E-state index contributed by atoms with van der Waals surface area (Å²) in [4.78, 5) is 11.6. The SMILES string of the molecule is O=C([ClH+])[C@H](Oc1cccc(C(F)(F)F)c1)c1ccc(Cl)cc1. The molecule has 0 unspecified atom stereocenters. The molecule has 1 atom stereocenters. The molecule has 2 nitrogen and oxygen atoms in total. The van der Waals surface area contributed by atoms with E-state index >= 15 is 0 Å². The van der Waals surface area contributed by atoms with Crippen molar-refractivity contribution in [3.05, 3.63) is 64.7 Å². The lowest BCUT2D eigenvalue weighted by Gasteiger charge is -2.14. The lowest BCUT2D eigenvalue weighted by molar-refractivity contribution is -0.314. The zero-order valence-corrected chi connectivity index (χ0v) is 12.5. The number of carbonyl (C=O) groups is 1. The molecular formula is C15H10Cl2F3O2+. The maximum Gasteiger partial charge on any atom is 0.444 e. The van der Waals surface area contributed by atoms with Crippen molar-refractivity contribution in [3.63, 3.8) is 0 Å². The van der Waals surface area contributed by atoms with Crippen molar-refractivity contribution in [2.45, 2.75) is 12.3 Å². The van der Waals surface area contributed by atoms with Crippen molar-refractivity contribution in [2.75, 3.05) is 0 Å². The van der Waals surface area contributed by atoms with Crippen molar-refractivity contribution < 1.29 is 34.3 Å². The quantitative estimate of drug-likeness (QED) is 0.769. The Balaban J connectivity index is 2.29. The monoisotopic (exact) mass is 349 g/mol. The zero-order chi connectivity index (χ0) is 16.3. The molecule has 22 heavy (non-hydrogen) atoms. The van der Waals surface area contributed by atoms with Crippen molar-refractivity contribution in [2.24, 2.45) is 0 Å². The van der Waals surface area contributed by atoms with E-state index < -0.39 is 23.1 Å². The van der Waals surface area contributed by atoms with Gasteiger partial charge in [0.15, 0.2) is 11.6 Å². The van der Waals surface area contributed by atoms with Crippen LogP contribution in [-0.2, 0) is 11.0 Å². The average molecular weight is 350 g/mol. The molecule has 0 saturated carbocycles. The molecule has 2 rings (SSSR count). The van der Waals surface area contributed by atoms with Crippen molar-refractivity contribution in [3.8, 4) is 5.75 Å². The predicted molar refractivity (Wildman–Crippen MR) is 72.7 cm³/mol. The number of ether oxygens (including phenoxy) is 1. The summed E-state index contributed by atoms with van der Waals surface area (Å²) in [5, 5.41) is -0.280. The molecule has 0 spiro atoms. The van der Waals surface area contributed by atoms with Crippen molar-refractivity contribution >= 4 is 16.8 Å². The largest absolute Gasteiger partial charge is 0.472 e. The van der Waals surface area contributed by atoms with Crippen LogP contribution in [-0.4, -0.2) is 5.24 Å². The number of benzene rings is 2. The van der Waals surface area contributed by atoms with E-state index in [4.69, 9.17) is 16.3 Å². The van der Waals surface area contributed by atoms with E-state index in [1.165, 1.54) is 36.4 Å². The van der Waals surface area contributed by atoms with Gasteiger partial charge in [0.25, 0.3) is 0 Å². The lowest BCUT2D eigenvalue weighted by atomic mass is 10.1. The first-order chi connectivity index (χ1) is 10.3. The molecular weight excluding hydrogens is 340 g/mol. The van der Waals surface area contributed by atoms with Crippen LogP contribution in [0.2, 0.25) is 5.02 Å². The Bertz CT molecular complexity index is 669. The maximum absolute atomic E-state index is 12.7. The number of hydrogen-bond donors (Lipinski definition) is 0. The van der Waals surface area contributed by atoms with E-state index in [1.807, 2.05) is 0 Å². The number of alkyl halides is 3. The summed E-state index contributed by atoms with van der Waals surface area (Å²) in [6.45, 7) is 0. The Morgan fingerprint density at radius 1 is 1.14 bits per heavy atom. The Hall–Kier alpha value is -1.72. The molecule has 0 heterocycles. The van der Waals surface area contributed by atoms with Gasteiger partial charge in [0, 0.05) is 10.6 Å². The number of halogens is 5. The first-order valence-corrected chi connectivity index (χ1v) is 6.86. The fourth-order valence-electron chi connectivity index (χ4n) is 1.77. The molecule has 0 amide bonds. The highest BCUT2D eigenvalue weighted by Gasteiger charge is 2.32. The second-order valence-electron chi connectivity index (χ2n) is 4.39. The minimum Gasteiger partial charge on any atom is -0.472 e. The molecule has 0 radical (unpaired) electrons. The summed E-state index contributed by atoms with van der Waals surface area (Å²) in [6.07, 6.45) is -5.66. The van der Waals surface area contributed by atoms with Gasteiger partial charge in [0.05, 0.1) is 5.56 Å². The van der Waals surface area contributed by atoms with Gasteiger partial charge in [-0.1, -0.05) is 29.8 Å². The van der Waals surface area contributed by atoms with Crippen LogP contribution in [0.15, 0.2) is 48.5 Å². The van der Waals surface area contributed by atoms with Gasteiger partial charge in [-0.3, -0.25) is 0 Å². The maximum atomic E-state index is 12.7. The van der Waals surface area contributed by atoms with Crippen molar-refractivity contribution in [1.82, 2.24) is 0 Å². The molecule has 0 fully saturated rings. The Labute approximate surface area is 134 Å². The van der Waals surface area contributed by atoms with Gasteiger partial charge < -0.3 is 4.74 Å². The first kappa shape index (κ1) is 16.6. The number of carbonyl (C=O) groups excluding carboxylic acids is 1. The molecule has 7 heteroatoms.